The SMILES string of the molecule is CC1(C)[C@@H]2CC[C@@]1(C)C1(C2)O[C@@H]2[C@@H](OCc3ccccc3)[C@H](OCc3ccccc3)[C@@H](O)[C@@H](OCc3ccccc3)[C@H]2O1. The summed E-state index contributed by atoms with van der Waals surface area (Å²) in [5, 5.41) is 12.1. The van der Waals surface area contributed by atoms with E-state index in [1.165, 1.54) is 6.42 Å². The third-order valence-corrected chi connectivity index (χ3v) is 11.3. The van der Waals surface area contributed by atoms with Crippen molar-refractivity contribution in [3.05, 3.63) is 108 Å². The van der Waals surface area contributed by atoms with E-state index in [9.17, 15) is 5.11 Å². The first-order chi connectivity index (χ1) is 20.8. The highest BCUT2D eigenvalue weighted by molar-refractivity contribution is 5.21. The fourth-order valence-electron chi connectivity index (χ4n) is 8.29. The molecule has 4 fully saturated rings. The highest BCUT2D eigenvalue weighted by Crippen LogP contribution is 2.73. The van der Waals surface area contributed by atoms with E-state index in [1.54, 1.807) is 0 Å². The summed E-state index contributed by atoms with van der Waals surface area (Å²) in [7, 11) is 0. The van der Waals surface area contributed by atoms with E-state index >= 15 is 0 Å². The Morgan fingerprint density at radius 1 is 0.651 bits per heavy atom. The molecule has 4 aliphatic rings. The average Bonchev–Trinajstić information content (AvgIpc) is 3.57. The molecule has 2 bridgehead atoms. The van der Waals surface area contributed by atoms with Crippen LogP contribution in [0.4, 0.5) is 0 Å². The molecule has 0 aromatic heterocycles. The van der Waals surface area contributed by atoms with Crippen molar-refractivity contribution in [1.29, 1.82) is 0 Å². The molecule has 1 spiro atoms. The Balaban J connectivity index is 1.23. The van der Waals surface area contributed by atoms with Crippen molar-refractivity contribution in [3.8, 4) is 0 Å². The predicted octanol–water partition coefficient (Wildman–Crippen LogP) is 6.44. The fraction of sp³-hybridized carbons (Fsp3) is 0.514. The molecule has 7 rings (SSSR count). The molecular weight excluding hydrogens is 540 g/mol. The Morgan fingerprint density at radius 3 is 1.53 bits per heavy atom. The molecule has 1 unspecified atom stereocenters. The van der Waals surface area contributed by atoms with Crippen LogP contribution in [0.25, 0.3) is 0 Å². The van der Waals surface area contributed by atoms with Gasteiger partial charge in [0.2, 0.25) is 0 Å². The second-order valence-corrected chi connectivity index (χ2v) is 13.7. The molecule has 3 aromatic rings. The third-order valence-electron chi connectivity index (χ3n) is 11.3. The topological polar surface area (TPSA) is 66.4 Å². The number of rotatable bonds is 9. The summed E-state index contributed by atoms with van der Waals surface area (Å²) in [6.45, 7) is 8.13. The number of aliphatic hydroxyl groups is 1. The molecule has 9 atom stereocenters. The number of ether oxygens (including phenoxy) is 5. The van der Waals surface area contributed by atoms with Crippen LogP contribution in [0.5, 0.6) is 0 Å². The standard InChI is InChI=1S/C37H44O6/c1-35(2)28-19-20-36(35,3)37(21-28)42-33-31(40-23-26-15-9-5-10-16-26)29(38)30(39-22-25-13-7-4-8-14-25)32(34(33)43-37)41-24-27-17-11-6-12-18-27/h4-18,28-34,38H,19-24H2,1-3H3/t28-,29-,30-,31-,32+,33-,34-,36-,37?/m1/s1. The van der Waals surface area contributed by atoms with Crippen molar-refractivity contribution in [2.75, 3.05) is 0 Å². The summed E-state index contributed by atoms with van der Waals surface area (Å²) < 4.78 is 34.1. The van der Waals surface area contributed by atoms with Gasteiger partial charge in [0.25, 0.3) is 0 Å². The van der Waals surface area contributed by atoms with E-state index < -0.39 is 42.4 Å². The second-order valence-electron chi connectivity index (χ2n) is 13.7. The molecule has 43 heavy (non-hydrogen) atoms. The van der Waals surface area contributed by atoms with Crippen LogP contribution in [0.15, 0.2) is 91.0 Å². The first-order valence-corrected chi connectivity index (χ1v) is 15.8. The molecule has 1 N–H and O–H groups in total. The summed E-state index contributed by atoms with van der Waals surface area (Å²) in [6, 6.07) is 30.2. The quantitative estimate of drug-likeness (QED) is 0.312. The van der Waals surface area contributed by atoms with Gasteiger partial charge in [0, 0.05) is 11.8 Å². The molecule has 3 aromatic carbocycles. The van der Waals surface area contributed by atoms with Gasteiger partial charge in [0.15, 0.2) is 5.79 Å². The lowest BCUT2D eigenvalue weighted by atomic mass is 9.68. The van der Waals surface area contributed by atoms with Crippen LogP contribution in [0.1, 0.15) is 56.7 Å². The first-order valence-electron chi connectivity index (χ1n) is 15.8. The Kier molecular flexibility index (Phi) is 7.73. The van der Waals surface area contributed by atoms with Crippen LogP contribution in [-0.2, 0) is 43.5 Å². The number of benzene rings is 3. The smallest absolute Gasteiger partial charge is 0.175 e. The monoisotopic (exact) mass is 584 g/mol. The maximum absolute atomic E-state index is 12.1. The van der Waals surface area contributed by atoms with Crippen molar-refractivity contribution >= 4 is 0 Å². The molecule has 1 heterocycles. The fourth-order valence-corrected chi connectivity index (χ4v) is 8.29. The largest absolute Gasteiger partial charge is 0.387 e. The lowest BCUT2D eigenvalue weighted by Crippen LogP contribution is -2.64. The van der Waals surface area contributed by atoms with Gasteiger partial charge in [-0.3, -0.25) is 0 Å². The van der Waals surface area contributed by atoms with E-state index in [0.717, 1.165) is 29.5 Å². The molecule has 6 nitrogen and oxygen atoms in total. The van der Waals surface area contributed by atoms with Crippen molar-refractivity contribution in [2.24, 2.45) is 16.7 Å². The van der Waals surface area contributed by atoms with Gasteiger partial charge in [-0.1, -0.05) is 112 Å². The van der Waals surface area contributed by atoms with Crippen LogP contribution >= 0.6 is 0 Å². The summed E-state index contributed by atoms with van der Waals surface area (Å²) in [6.07, 6.45) is -0.739. The number of hydrogen-bond donors (Lipinski definition) is 1. The highest BCUT2D eigenvalue weighted by Gasteiger charge is 2.76. The number of fused-ring (bicyclic) bond motifs is 4. The first kappa shape index (κ1) is 29.1. The molecule has 0 radical (unpaired) electrons. The zero-order valence-corrected chi connectivity index (χ0v) is 25.4. The molecule has 228 valence electrons. The van der Waals surface area contributed by atoms with Crippen LogP contribution in [0, 0.1) is 16.7 Å². The third kappa shape index (κ3) is 4.97. The average molecular weight is 585 g/mol. The van der Waals surface area contributed by atoms with E-state index in [2.05, 4.69) is 32.9 Å². The molecule has 6 heteroatoms. The minimum absolute atomic E-state index is 0.0725. The van der Waals surface area contributed by atoms with Crippen molar-refractivity contribution in [2.45, 2.75) is 102 Å². The molecule has 3 saturated carbocycles. The van der Waals surface area contributed by atoms with Crippen LogP contribution in [0.3, 0.4) is 0 Å². The Bertz CT molecular complexity index is 1370. The van der Waals surface area contributed by atoms with Crippen LogP contribution < -0.4 is 0 Å². The van der Waals surface area contributed by atoms with Gasteiger partial charge < -0.3 is 28.8 Å². The van der Waals surface area contributed by atoms with Gasteiger partial charge in [-0.15, -0.1) is 0 Å². The van der Waals surface area contributed by atoms with Gasteiger partial charge in [0.1, 0.15) is 36.6 Å². The van der Waals surface area contributed by atoms with Gasteiger partial charge in [-0.2, -0.15) is 0 Å². The molecular formula is C37H44O6. The maximum Gasteiger partial charge on any atom is 0.175 e. The predicted molar refractivity (Wildman–Crippen MR) is 163 cm³/mol. The summed E-state index contributed by atoms with van der Waals surface area (Å²) in [5.74, 6) is -0.244. The maximum atomic E-state index is 12.1. The summed E-state index contributed by atoms with van der Waals surface area (Å²) in [4.78, 5) is 0. The van der Waals surface area contributed by atoms with Crippen molar-refractivity contribution in [1.82, 2.24) is 0 Å². The van der Waals surface area contributed by atoms with E-state index in [4.69, 9.17) is 23.7 Å². The van der Waals surface area contributed by atoms with Crippen molar-refractivity contribution < 1.29 is 28.8 Å². The highest BCUT2D eigenvalue weighted by atomic mass is 16.8. The Hall–Kier alpha value is -2.58. The zero-order valence-electron chi connectivity index (χ0n) is 25.4. The molecule has 1 aliphatic heterocycles. The number of hydrogen-bond acceptors (Lipinski definition) is 6. The normalized spacial score (nSPS) is 37.5. The lowest BCUT2D eigenvalue weighted by molar-refractivity contribution is -0.259. The lowest BCUT2D eigenvalue weighted by Gasteiger charge is -2.45. The summed E-state index contributed by atoms with van der Waals surface area (Å²) in [5.41, 5.74) is 3.03. The van der Waals surface area contributed by atoms with Crippen molar-refractivity contribution in [3.63, 3.8) is 0 Å². The molecule has 0 amide bonds. The Labute approximate surface area is 255 Å². The van der Waals surface area contributed by atoms with Gasteiger partial charge in [0.05, 0.1) is 19.8 Å². The molecule has 3 aliphatic carbocycles. The molecule has 1 saturated heterocycles. The van der Waals surface area contributed by atoms with Crippen LogP contribution in [0.2, 0.25) is 0 Å². The summed E-state index contributed by atoms with van der Waals surface area (Å²) >= 11 is 0. The van der Waals surface area contributed by atoms with E-state index in [1.807, 2.05) is 78.9 Å². The number of aliphatic hydroxyl groups excluding tert-OH is 1. The van der Waals surface area contributed by atoms with Gasteiger partial charge >= 0.3 is 0 Å². The minimum Gasteiger partial charge on any atom is -0.387 e. The van der Waals surface area contributed by atoms with Gasteiger partial charge in [-0.05, 0) is 40.9 Å². The zero-order chi connectivity index (χ0) is 29.7. The minimum atomic E-state index is -0.979. The van der Waals surface area contributed by atoms with E-state index in [-0.39, 0.29) is 10.8 Å². The van der Waals surface area contributed by atoms with E-state index in [0.29, 0.717) is 25.7 Å². The second kappa shape index (κ2) is 11.4. The van der Waals surface area contributed by atoms with Gasteiger partial charge in [-0.25, -0.2) is 0 Å². The van der Waals surface area contributed by atoms with Crippen LogP contribution in [-0.4, -0.2) is 47.5 Å². The Morgan fingerprint density at radius 2 is 1.09 bits per heavy atom.